The molecule has 0 radical (unpaired) electrons. The van der Waals surface area contributed by atoms with Crippen molar-refractivity contribution in [3.63, 3.8) is 0 Å². The van der Waals surface area contributed by atoms with Gasteiger partial charge in [0.2, 0.25) is 0 Å². The van der Waals surface area contributed by atoms with Gasteiger partial charge in [-0.1, -0.05) is 35.5 Å². The second-order valence-electron chi connectivity index (χ2n) is 4.59. The Morgan fingerprint density at radius 1 is 1.25 bits per heavy atom. The number of halogens is 3. The van der Waals surface area contributed by atoms with Crippen molar-refractivity contribution in [2.24, 2.45) is 5.73 Å². The Balaban J connectivity index is 2.37. The third kappa shape index (κ3) is 3.72. The van der Waals surface area contributed by atoms with Crippen molar-refractivity contribution in [2.45, 2.75) is 29.2 Å². The molecule has 0 aliphatic carbocycles. The van der Waals surface area contributed by atoms with Crippen LogP contribution in [0.3, 0.4) is 0 Å². The third-order valence-electron chi connectivity index (χ3n) is 2.70. The molecule has 0 aliphatic heterocycles. The Labute approximate surface area is 126 Å². The Kier molecular flexibility index (Phi) is 5.02. The highest BCUT2D eigenvalue weighted by Crippen LogP contribution is 2.37. The van der Waals surface area contributed by atoms with Crippen molar-refractivity contribution in [2.75, 3.05) is 0 Å². The number of benzene rings is 2. The second-order valence-corrected chi connectivity index (χ2v) is 6.05. The van der Waals surface area contributed by atoms with E-state index in [1.165, 1.54) is 23.9 Å². The minimum atomic E-state index is -0.596. The summed E-state index contributed by atoms with van der Waals surface area (Å²) in [6.45, 7) is 1.90. The van der Waals surface area contributed by atoms with Gasteiger partial charge in [0.05, 0.1) is 5.02 Å². The first-order valence-corrected chi connectivity index (χ1v) is 7.32. The van der Waals surface area contributed by atoms with Gasteiger partial charge in [-0.15, -0.1) is 0 Å². The van der Waals surface area contributed by atoms with Gasteiger partial charge in [-0.25, -0.2) is 8.78 Å². The fourth-order valence-corrected chi connectivity index (χ4v) is 3.11. The van der Waals surface area contributed by atoms with E-state index in [-0.39, 0.29) is 6.04 Å². The number of nitrogens with two attached hydrogens (primary N) is 1. The minimum Gasteiger partial charge on any atom is -0.328 e. The lowest BCUT2D eigenvalue weighted by Crippen LogP contribution is -2.18. The van der Waals surface area contributed by atoms with Crippen molar-refractivity contribution in [3.8, 4) is 0 Å². The van der Waals surface area contributed by atoms with Crippen molar-refractivity contribution in [1.29, 1.82) is 0 Å². The van der Waals surface area contributed by atoms with Crippen LogP contribution in [0.4, 0.5) is 8.78 Å². The monoisotopic (exact) mass is 313 g/mol. The Hall–Kier alpha value is -1.10. The van der Waals surface area contributed by atoms with E-state index >= 15 is 0 Å². The molecule has 106 valence electrons. The van der Waals surface area contributed by atoms with Gasteiger partial charge in [0.1, 0.15) is 11.6 Å². The van der Waals surface area contributed by atoms with Gasteiger partial charge in [-0.3, -0.25) is 0 Å². The van der Waals surface area contributed by atoms with Crippen LogP contribution in [-0.4, -0.2) is 6.04 Å². The average Bonchev–Trinajstić information content (AvgIpc) is 2.35. The normalized spacial score (nSPS) is 12.4. The van der Waals surface area contributed by atoms with Gasteiger partial charge in [-0.2, -0.15) is 0 Å². The highest BCUT2D eigenvalue weighted by atomic mass is 35.5. The number of rotatable bonds is 4. The molecule has 2 aromatic rings. The number of hydrogen-bond acceptors (Lipinski definition) is 2. The maximum Gasteiger partial charge on any atom is 0.140 e. The quantitative estimate of drug-likeness (QED) is 0.888. The van der Waals surface area contributed by atoms with Crippen LogP contribution in [0, 0.1) is 11.6 Å². The number of hydrogen-bond donors (Lipinski definition) is 1. The fourth-order valence-electron chi connectivity index (χ4n) is 1.84. The van der Waals surface area contributed by atoms with Crippen LogP contribution in [-0.2, 0) is 6.42 Å². The zero-order chi connectivity index (χ0) is 14.7. The van der Waals surface area contributed by atoms with E-state index in [0.717, 1.165) is 16.5 Å². The molecule has 1 unspecified atom stereocenters. The standard InChI is InChI=1S/C15H14ClF2NS/c1-9(19)7-10-3-2-4-12(16)15(10)20-14-6-5-11(17)8-13(14)18/h2-6,8-9H,7,19H2,1H3. The Morgan fingerprint density at radius 3 is 2.65 bits per heavy atom. The summed E-state index contributed by atoms with van der Waals surface area (Å²) in [4.78, 5) is 1.10. The van der Waals surface area contributed by atoms with Gasteiger partial charge in [0, 0.05) is 21.9 Å². The lowest BCUT2D eigenvalue weighted by Gasteiger charge is -2.13. The van der Waals surface area contributed by atoms with Crippen LogP contribution < -0.4 is 5.73 Å². The summed E-state index contributed by atoms with van der Waals surface area (Å²) in [6.07, 6.45) is 0.645. The molecule has 0 amide bonds. The van der Waals surface area contributed by atoms with Gasteiger partial charge in [-0.05, 0) is 37.1 Å². The molecule has 0 spiro atoms. The SMILES string of the molecule is CC(N)Cc1cccc(Cl)c1Sc1ccc(F)cc1F. The van der Waals surface area contributed by atoms with E-state index in [1.807, 2.05) is 19.1 Å². The largest absolute Gasteiger partial charge is 0.328 e. The topological polar surface area (TPSA) is 26.0 Å². The highest BCUT2D eigenvalue weighted by molar-refractivity contribution is 7.99. The molecule has 5 heteroatoms. The molecule has 2 rings (SSSR count). The summed E-state index contributed by atoms with van der Waals surface area (Å²) < 4.78 is 26.7. The predicted molar refractivity (Wildman–Crippen MR) is 79.3 cm³/mol. The van der Waals surface area contributed by atoms with Crippen molar-refractivity contribution in [3.05, 3.63) is 58.6 Å². The molecule has 0 aromatic heterocycles. The molecule has 2 aromatic carbocycles. The van der Waals surface area contributed by atoms with Gasteiger partial charge >= 0.3 is 0 Å². The van der Waals surface area contributed by atoms with E-state index in [2.05, 4.69) is 0 Å². The minimum absolute atomic E-state index is 0.0223. The first-order valence-electron chi connectivity index (χ1n) is 6.13. The zero-order valence-corrected chi connectivity index (χ0v) is 12.4. The van der Waals surface area contributed by atoms with Crippen molar-refractivity contribution < 1.29 is 8.78 Å². The Bertz CT molecular complexity index is 617. The molecule has 0 saturated heterocycles. The first kappa shape index (κ1) is 15.3. The molecule has 0 heterocycles. The maximum absolute atomic E-state index is 13.7. The molecular formula is C15H14ClF2NS. The highest BCUT2D eigenvalue weighted by Gasteiger charge is 2.13. The van der Waals surface area contributed by atoms with Crippen LogP contribution in [0.2, 0.25) is 5.02 Å². The van der Waals surface area contributed by atoms with Crippen LogP contribution in [0.15, 0.2) is 46.2 Å². The molecule has 2 N–H and O–H groups in total. The molecule has 20 heavy (non-hydrogen) atoms. The van der Waals surface area contributed by atoms with Crippen molar-refractivity contribution in [1.82, 2.24) is 0 Å². The van der Waals surface area contributed by atoms with Crippen LogP contribution in [0.1, 0.15) is 12.5 Å². The summed E-state index contributed by atoms with van der Waals surface area (Å²) in [5.41, 5.74) is 6.77. The lowest BCUT2D eigenvalue weighted by atomic mass is 10.1. The summed E-state index contributed by atoms with van der Waals surface area (Å²) in [7, 11) is 0. The smallest absolute Gasteiger partial charge is 0.140 e. The third-order valence-corrected chi connectivity index (χ3v) is 4.36. The molecule has 1 nitrogen and oxygen atoms in total. The van der Waals surface area contributed by atoms with E-state index in [1.54, 1.807) is 6.07 Å². The summed E-state index contributed by atoms with van der Waals surface area (Å²) >= 11 is 7.38. The molecular weight excluding hydrogens is 300 g/mol. The zero-order valence-electron chi connectivity index (χ0n) is 10.9. The molecule has 0 saturated carbocycles. The molecule has 0 fully saturated rings. The van der Waals surface area contributed by atoms with E-state index in [0.29, 0.717) is 16.3 Å². The van der Waals surface area contributed by atoms with E-state index in [4.69, 9.17) is 17.3 Å². The fraction of sp³-hybridized carbons (Fsp3) is 0.200. The second kappa shape index (κ2) is 6.57. The van der Waals surface area contributed by atoms with Crippen molar-refractivity contribution >= 4 is 23.4 Å². The first-order chi connectivity index (χ1) is 9.47. The predicted octanol–water partition coefficient (Wildman–Crippen LogP) is 4.66. The van der Waals surface area contributed by atoms with Gasteiger partial charge in [0.15, 0.2) is 0 Å². The van der Waals surface area contributed by atoms with Gasteiger partial charge < -0.3 is 5.73 Å². The summed E-state index contributed by atoms with van der Waals surface area (Å²) in [5.74, 6) is -1.19. The van der Waals surface area contributed by atoms with E-state index in [9.17, 15) is 8.78 Å². The van der Waals surface area contributed by atoms with Gasteiger partial charge in [0.25, 0.3) is 0 Å². The van der Waals surface area contributed by atoms with Crippen LogP contribution in [0.5, 0.6) is 0 Å². The summed E-state index contributed by atoms with van der Waals surface area (Å²) in [5, 5.41) is 0.539. The molecule has 1 atom stereocenters. The summed E-state index contributed by atoms with van der Waals surface area (Å²) in [6, 6.07) is 8.98. The Morgan fingerprint density at radius 2 is 2.00 bits per heavy atom. The lowest BCUT2D eigenvalue weighted by molar-refractivity contribution is 0.565. The van der Waals surface area contributed by atoms with Crippen LogP contribution >= 0.6 is 23.4 Å². The molecule has 0 bridgehead atoms. The average molecular weight is 314 g/mol. The molecule has 0 aliphatic rings. The van der Waals surface area contributed by atoms with Crippen LogP contribution in [0.25, 0.3) is 0 Å². The maximum atomic E-state index is 13.7. The van der Waals surface area contributed by atoms with E-state index < -0.39 is 11.6 Å².